The number of para-hydroxylation sites is 1. The molecule has 0 unspecified atom stereocenters. The maximum atomic E-state index is 12.7. The zero-order valence-electron chi connectivity index (χ0n) is 13.7. The van der Waals surface area contributed by atoms with Gasteiger partial charge in [-0.05, 0) is 39.3 Å². The fourth-order valence-electron chi connectivity index (χ4n) is 2.16. The van der Waals surface area contributed by atoms with E-state index >= 15 is 0 Å². The molecule has 0 bridgehead atoms. The van der Waals surface area contributed by atoms with Crippen LogP contribution in [-0.2, 0) is 11.3 Å². The molecule has 5 nitrogen and oxygen atoms in total. The van der Waals surface area contributed by atoms with Crippen LogP contribution in [0.2, 0.25) is 0 Å². The summed E-state index contributed by atoms with van der Waals surface area (Å²) in [5.74, 6) is 0. The Hall–Kier alpha value is -1.84. The van der Waals surface area contributed by atoms with Gasteiger partial charge >= 0.3 is 0 Å². The van der Waals surface area contributed by atoms with Crippen molar-refractivity contribution < 1.29 is 4.74 Å². The van der Waals surface area contributed by atoms with Crippen LogP contribution in [0.5, 0.6) is 0 Å². The molecule has 0 saturated carbocycles. The van der Waals surface area contributed by atoms with Gasteiger partial charge in [-0.25, -0.2) is 4.98 Å². The second-order valence-electron chi connectivity index (χ2n) is 5.53. The quantitative estimate of drug-likeness (QED) is 0.443. The Balaban J connectivity index is 2.34. The molecule has 0 aliphatic heterocycles. The van der Waals surface area contributed by atoms with Crippen LogP contribution in [0.4, 0.5) is 0 Å². The molecule has 1 heterocycles. The maximum absolute atomic E-state index is 12.7. The Labute approximate surface area is 140 Å². The van der Waals surface area contributed by atoms with E-state index in [9.17, 15) is 4.79 Å². The molecule has 23 heavy (non-hydrogen) atoms. The molecule has 1 aromatic heterocycles. The minimum Gasteiger partial charge on any atom is -0.379 e. The number of ether oxygens (including phenoxy) is 1. The minimum atomic E-state index is -0.263. The second-order valence-corrected chi connectivity index (χ2v) is 6.84. The third kappa shape index (κ3) is 4.57. The number of nitrogens with zero attached hydrogens (tertiary/aromatic N) is 3. The minimum absolute atomic E-state index is 0.0622. The first-order chi connectivity index (χ1) is 11.0. The van der Waals surface area contributed by atoms with Gasteiger partial charge in [0.1, 0.15) is 0 Å². The highest BCUT2D eigenvalue weighted by Crippen LogP contribution is 2.22. The Bertz CT molecular complexity index is 765. The Morgan fingerprint density at radius 2 is 2.09 bits per heavy atom. The zero-order chi connectivity index (χ0) is 16.8. The summed E-state index contributed by atoms with van der Waals surface area (Å²) in [7, 11) is 0. The van der Waals surface area contributed by atoms with Crippen molar-refractivity contribution in [1.29, 1.82) is 5.26 Å². The van der Waals surface area contributed by atoms with Crippen molar-refractivity contribution in [2.75, 3.05) is 6.61 Å². The molecule has 0 fully saturated rings. The Morgan fingerprint density at radius 1 is 1.35 bits per heavy atom. The van der Waals surface area contributed by atoms with E-state index in [0.29, 0.717) is 29.2 Å². The van der Waals surface area contributed by atoms with E-state index in [0.717, 1.165) is 6.42 Å². The summed E-state index contributed by atoms with van der Waals surface area (Å²) < 4.78 is 7.20. The van der Waals surface area contributed by atoms with Crippen molar-refractivity contribution in [3.63, 3.8) is 0 Å². The number of benzene rings is 1. The number of fused-ring (bicyclic) bond motifs is 1. The van der Waals surface area contributed by atoms with E-state index in [-0.39, 0.29) is 16.9 Å². The molecule has 2 aromatic rings. The number of rotatable bonds is 7. The van der Waals surface area contributed by atoms with Gasteiger partial charge in [-0.15, -0.1) is 0 Å². The Morgan fingerprint density at radius 3 is 2.78 bits per heavy atom. The number of thioether (sulfide) groups is 1. The van der Waals surface area contributed by atoms with Crippen LogP contribution in [0, 0.1) is 11.3 Å². The van der Waals surface area contributed by atoms with E-state index in [4.69, 9.17) is 10.00 Å². The molecule has 0 radical (unpaired) electrons. The van der Waals surface area contributed by atoms with Crippen LogP contribution in [0.15, 0.2) is 34.2 Å². The summed E-state index contributed by atoms with van der Waals surface area (Å²) in [6.07, 6.45) is 0.904. The molecular formula is C17H21N3O2S. The fourth-order valence-corrected chi connectivity index (χ4v) is 2.98. The third-order valence-corrected chi connectivity index (χ3v) is 4.25. The van der Waals surface area contributed by atoms with Crippen LogP contribution in [-0.4, -0.2) is 27.5 Å². The van der Waals surface area contributed by atoms with Gasteiger partial charge in [0.25, 0.3) is 5.56 Å². The lowest BCUT2D eigenvalue weighted by Gasteiger charge is -2.14. The van der Waals surface area contributed by atoms with Crippen LogP contribution >= 0.6 is 11.8 Å². The van der Waals surface area contributed by atoms with Gasteiger partial charge in [0.2, 0.25) is 0 Å². The largest absolute Gasteiger partial charge is 0.379 e. The van der Waals surface area contributed by atoms with E-state index < -0.39 is 0 Å². The van der Waals surface area contributed by atoms with Crippen molar-refractivity contribution in [1.82, 2.24) is 9.55 Å². The van der Waals surface area contributed by atoms with Crippen LogP contribution < -0.4 is 5.56 Å². The van der Waals surface area contributed by atoms with Gasteiger partial charge in [-0.1, -0.05) is 23.9 Å². The average molecular weight is 331 g/mol. The maximum Gasteiger partial charge on any atom is 0.262 e. The van der Waals surface area contributed by atoms with Crippen molar-refractivity contribution >= 4 is 22.7 Å². The predicted octanol–water partition coefficient (Wildman–Crippen LogP) is 3.22. The SMILES string of the molecule is CC(C)OCCCn1c(S[C@H](C)C#N)nc2ccccc2c1=O. The summed E-state index contributed by atoms with van der Waals surface area (Å²) in [4.78, 5) is 17.3. The lowest BCUT2D eigenvalue weighted by molar-refractivity contribution is 0.0743. The summed E-state index contributed by atoms with van der Waals surface area (Å²) in [6.45, 7) is 6.90. The van der Waals surface area contributed by atoms with Crippen molar-refractivity contribution in [2.24, 2.45) is 0 Å². The smallest absolute Gasteiger partial charge is 0.262 e. The van der Waals surface area contributed by atoms with Crippen molar-refractivity contribution in [2.45, 2.75) is 50.2 Å². The zero-order valence-corrected chi connectivity index (χ0v) is 14.5. The van der Waals surface area contributed by atoms with E-state index in [1.165, 1.54) is 11.8 Å². The molecule has 1 atom stereocenters. The van der Waals surface area contributed by atoms with Crippen molar-refractivity contribution in [3.8, 4) is 6.07 Å². The highest BCUT2D eigenvalue weighted by molar-refractivity contribution is 8.00. The fraction of sp³-hybridized carbons (Fsp3) is 0.471. The lowest BCUT2D eigenvalue weighted by Crippen LogP contribution is -2.24. The van der Waals surface area contributed by atoms with E-state index in [1.54, 1.807) is 17.6 Å². The van der Waals surface area contributed by atoms with Crippen LogP contribution in [0.1, 0.15) is 27.2 Å². The second kappa shape index (κ2) is 8.14. The summed E-state index contributed by atoms with van der Waals surface area (Å²) in [6, 6.07) is 9.48. The molecule has 0 saturated heterocycles. The topological polar surface area (TPSA) is 67.9 Å². The van der Waals surface area contributed by atoms with E-state index in [2.05, 4.69) is 11.1 Å². The van der Waals surface area contributed by atoms with Gasteiger partial charge in [-0.2, -0.15) is 5.26 Å². The lowest BCUT2D eigenvalue weighted by atomic mass is 10.2. The third-order valence-electron chi connectivity index (χ3n) is 3.27. The van der Waals surface area contributed by atoms with Gasteiger partial charge in [0.05, 0.1) is 28.3 Å². The summed E-state index contributed by atoms with van der Waals surface area (Å²) >= 11 is 1.31. The molecule has 2 rings (SSSR count). The molecule has 0 N–H and O–H groups in total. The molecule has 0 aliphatic rings. The first kappa shape index (κ1) is 17.5. The number of hydrogen-bond donors (Lipinski definition) is 0. The first-order valence-electron chi connectivity index (χ1n) is 7.70. The van der Waals surface area contributed by atoms with E-state index in [1.807, 2.05) is 32.0 Å². The van der Waals surface area contributed by atoms with Gasteiger partial charge < -0.3 is 4.74 Å². The molecular weight excluding hydrogens is 310 g/mol. The van der Waals surface area contributed by atoms with Crippen molar-refractivity contribution in [3.05, 3.63) is 34.6 Å². The molecule has 122 valence electrons. The molecule has 0 amide bonds. The Kier molecular flexibility index (Phi) is 6.20. The molecule has 0 aliphatic carbocycles. The van der Waals surface area contributed by atoms with Crippen LogP contribution in [0.25, 0.3) is 10.9 Å². The standard InChI is InChI=1S/C17H21N3O2S/c1-12(2)22-10-6-9-20-16(21)14-7-4-5-8-15(14)19-17(20)23-13(3)11-18/h4-5,7-8,12-13H,6,9-10H2,1-3H3/t13-/m1/s1. The first-order valence-corrected chi connectivity index (χ1v) is 8.58. The van der Waals surface area contributed by atoms with Gasteiger partial charge in [0.15, 0.2) is 5.16 Å². The molecule has 6 heteroatoms. The average Bonchev–Trinajstić information content (AvgIpc) is 2.53. The molecule has 0 spiro atoms. The van der Waals surface area contributed by atoms with Gasteiger partial charge in [0, 0.05) is 13.2 Å². The number of aromatic nitrogens is 2. The summed E-state index contributed by atoms with van der Waals surface area (Å²) in [5.41, 5.74) is 0.604. The number of nitriles is 1. The highest BCUT2D eigenvalue weighted by Gasteiger charge is 2.14. The molecule has 1 aromatic carbocycles. The number of hydrogen-bond acceptors (Lipinski definition) is 5. The van der Waals surface area contributed by atoms with Crippen LogP contribution in [0.3, 0.4) is 0 Å². The monoisotopic (exact) mass is 331 g/mol. The predicted molar refractivity (Wildman–Crippen MR) is 92.6 cm³/mol. The summed E-state index contributed by atoms with van der Waals surface area (Å²) in [5, 5.41) is 9.97. The normalized spacial score (nSPS) is 12.5. The van der Waals surface area contributed by atoms with Gasteiger partial charge in [-0.3, -0.25) is 9.36 Å². The highest BCUT2D eigenvalue weighted by atomic mass is 32.2.